The first-order chi connectivity index (χ1) is 18.5. The molecule has 0 bridgehead atoms. The topological polar surface area (TPSA) is 82.8 Å². The van der Waals surface area contributed by atoms with Crippen molar-refractivity contribution in [3.05, 3.63) is 101 Å². The van der Waals surface area contributed by atoms with E-state index in [1.807, 2.05) is 36.4 Å². The van der Waals surface area contributed by atoms with Crippen LogP contribution in [0.3, 0.4) is 0 Å². The molecule has 1 aliphatic heterocycles. The Morgan fingerprint density at radius 3 is 2.34 bits per heavy atom. The Bertz CT molecular complexity index is 1390. The molecule has 0 N–H and O–H groups in total. The highest BCUT2D eigenvalue weighted by Crippen LogP contribution is 2.26. The molecule has 0 atom stereocenters. The smallest absolute Gasteiger partial charge is 0.254 e. The summed E-state index contributed by atoms with van der Waals surface area (Å²) in [5.74, 6) is 0.293. The van der Waals surface area contributed by atoms with Crippen molar-refractivity contribution in [1.29, 1.82) is 0 Å². The molecule has 4 aromatic rings. The molecule has 194 valence electrons. The number of carbonyl (C=O) groups is 2. The van der Waals surface area contributed by atoms with Crippen molar-refractivity contribution < 1.29 is 18.4 Å². The summed E-state index contributed by atoms with van der Waals surface area (Å²) in [6.45, 7) is 2.12. The number of hydrogen-bond acceptors (Lipinski definition) is 6. The van der Waals surface area contributed by atoms with Crippen LogP contribution in [0.4, 0.5) is 10.2 Å². The molecule has 2 amide bonds. The van der Waals surface area contributed by atoms with Crippen molar-refractivity contribution in [3.63, 3.8) is 0 Å². The maximum absolute atomic E-state index is 13.4. The molecule has 2 aromatic heterocycles. The van der Waals surface area contributed by atoms with Gasteiger partial charge in [-0.1, -0.05) is 29.8 Å². The lowest BCUT2D eigenvalue weighted by Crippen LogP contribution is -2.52. The summed E-state index contributed by atoms with van der Waals surface area (Å²) in [6, 6.07) is 20.0. The average Bonchev–Trinajstić information content (AvgIpc) is 3.46. The van der Waals surface area contributed by atoms with E-state index in [9.17, 15) is 14.0 Å². The van der Waals surface area contributed by atoms with Crippen molar-refractivity contribution in [2.75, 3.05) is 37.6 Å². The van der Waals surface area contributed by atoms with Crippen LogP contribution in [0.15, 0.2) is 83.5 Å². The molecule has 8 nitrogen and oxygen atoms in total. The van der Waals surface area contributed by atoms with Crippen LogP contribution in [0.2, 0.25) is 5.02 Å². The van der Waals surface area contributed by atoms with Gasteiger partial charge in [0.25, 0.3) is 5.91 Å². The van der Waals surface area contributed by atoms with Gasteiger partial charge in [-0.25, -0.2) is 4.39 Å². The van der Waals surface area contributed by atoms with Crippen LogP contribution in [0.25, 0.3) is 11.3 Å². The van der Waals surface area contributed by atoms with E-state index >= 15 is 0 Å². The molecule has 3 heterocycles. The lowest BCUT2D eigenvalue weighted by molar-refractivity contribution is -0.132. The predicted molar refractivity (Wildman–Crippen MR) is 141 cm³/mol. The van der Waals surface area contributed by atoms with Crippen LogP contribution < -0.4 is 4.90 Å². The predicted octanol–water partition coefficient (Wildman–Crippen LogP) is 4.52. The molecule has 5 rings (SSSR count). The number of aromatic nitrogens is 2. The van der Waals surface area contributed by atoms with E-state index in [4.69, 9.17) is 16.0 Å². The van der Waals surface area contributed by atoms with E-state index in [2.05, 4.69) is 15.1 Å². The third-order valence-electron chi connectivity index (χ3n) is 6.39. The molecule has 2 aromatic carbocycles. The van der Waals surface area contributed by atoms with Gasteiger partial charge in [0, 0.05) is 37.3 Å². The van der Waals surface area contributed by atoms with Gasteiger partial charge in [-0.2, -0.15) is 0 Å². The zero-order chi connectivity index (χ0) is 26.5. The van der Waals surface area contributed by atoms with Crippen molar-refractivity contribution >= 4 is 29.2 Å². The summed E-state index contributed by atoms with van der Waals surface area (Å²) in [5.41, 5.74) is 1.81. The van der Waals surface area contributed by atoms with E-state index < -0.39 is 5.82 Å². The molecular formula is C28H25ClFN5O3. The summed E-state index contributed by atoms with van der Waals surface area (Å²) in [4.78, 5) is 31.5. The maximum atomic E-state index is 13.4. The fraction of sp³-hybridized carbons (Fsp3) is 0.214. The largest absolute Gasteiger partial charge is 0.467 e. The Kier molecular flexibility index (Phi) is 7.65. The second-order valence-electron chi connectivity index (χ2n) is 8.87. The first kappa shape index (κ1) is 25.4. The highest BCUT2D eigenvalue weighted by Gasteiger charge is 2.26. The highest BCUT2D eigenvalue weighted by molar-refractivity contribution is 6.33. The number of benzene rings is 2. The van der Waals surface area contributed by atoms with Crippen LogP contribution in [0.5, 0.6) is 0 Å². The molecule has 0 unspecified atom stereocenters. The van der Waals surface area contributed by atoms with Gasteiger partial charge in [-0.3, -0.25) is 9.59 Å². The number of rotatable bonds is 7. The number of halogens is 2. The Labute approximate surface area is 224 Å². The zero-order valence-corrected chi connectivity index (χ0v) is 21.2. The van der Waals surface area contributed by atoms with Crippen molar-refractivity contribution in [3.8, 4) is 11.3 Å². The summed E-state index contributed by atoms with van der Waals surface area (Å²) < 4.78 is 18.8. The fourth-order valence-electron chi connectivity index (χ4n) is 4.32. The summed E-state index contributed by atoms with van der Waals surface area (Å²) in [5, 5.41) is 9.31. The Morgan fingerprint density at radius 1 is 0.921 bits per heavy atom. The third kappa shape index (κ3) is 5.84. The number of furan rings is 1. The molecule has 1 fully saturated rings. The number of nitrogens with zero attached hydrogens (tertiary/aromatic N) is 5. The van der Waals surface area contributed by atoms with Crippen molar-refractivity contribution in [2.45, 2.75) is 6.54 Å². The van der Waals surface area contributed by atoms with Gasteiger partial charge in [0.05, 0.1) is 23.5 Å². The minimum Gasteiger partial charge on any atom is -0.467 e. The van der Waals surface area contributed by atoms with E-state index in [-0.39, 0.29) is 24.9 Å². The number of carbonyl (C=O) groups excluding carboxylic acids is 2. The number of anilines is 1. The maximum Gasteiger partial charge on any atom is 0.254 e. The quantitative estimate of drug-likeness (QED) is 0.347. The molecule has 1 aliphatic rings. The van der Waals surface area contributed by atoms with Crippen LogP contribution in [0.1, 0.15) is 16.1 Å². The van der Waals surface area contributed by atoms with E-state index in [0.717, 1.165) is 11.4 Å². The monoisotopic (exact) mass is 533 g/mol. The SMILES string of the molecule is O=C(CN(Cc1ccco1)C(=O)c1ccc(F)cc1)N1CCN(c2ccc(-c3ccccc3Cl)nn2)CC1. The summed E-state index contributed by atoms with van der Waals surface area (Å²) >= 11 is 6.27. The van der Waals surface area contributed by atoms with Gasteiger partial charge >= 0.3 is 0 Å². The summed E-state index contributed by atoms with van der Waals surface area (Å²) in [6.07, 6.45) is 1.51. The van der Waals surface area contributed by atoms with E-state index in [1.54, 1.807) is 17.0 Å². The first-order valence-corrected chi connectivity index (χ1v) is 12.5. The number of amides is 2. The van der Waals surface area contributed by atoms with Gasteiger partial charge in [0.1, 0.15) is 18.1 Å². The molecule has 0 spiro atoms. The first-order valence-electron chi connectivity index (χ1n) is 12.2. The standard InChI is InChI=1S/C28H25ClFN5O3/c29-24-6-2-1-5-23(24)25-11-12-26(32-31-25)33-13-15-34(16-14-33)27(36)19-35(18-22-4-3-17-38-22)28(37)20-7-9-21(30)10-8-20/h1-12,17H,13-16,18-19H2. The zero-order valence-electron chi connectivity index (χ0n) is 20.5. The molecular weight excluding hydrogens is 509 g/mol. The Hall–Kier alpha value is -4.24. The second kappa shape index (κ2) is 11.4. The minimum atomic E-state index is -0.434. The average molecular weight is 534 g/mol. The number of piperazine rings is 1. The highest BCUT2D eigenvalue weighted by atomic mass is 35.5. The summed E-state index contributed by atoms with van der Waals surface area (Å²) in [7, 11) is 0. The van der Waals surface area contributed by atoms with Crippen LogP contribution in [-0.2, 0) is 11.3 Å². The van der Waals surface area contributed by atoms with Gasteiger partial charge in [0.2, 0.25) is 5.91 Å². The normalized spacial score (nSPS) is 13.4. The molecule has 10 heteroatoms. The Balaban J connectivity index is 1.21. The molecule has 0 aliphatic carbocycles. The minimum absolute atomic E-state index is 0.122. The van der Waals surface area contributed by atoms with Crippen LogP contribution >= 0.6 is 11.6 Å². The molecule has 0 saturated carbocycles. The third-order valence-corrected chi connectivity index (χ3v) is 6.72. The Morgan fingerprint density at radius 2 is 1.68 bits per heavy atom. The van der Waals surface area contributed by atoms with Crippen molar-refractivity contribution in [1.82, 2.24) is 20.0 Å². The van der Waals surface area contributed by atoms with E-state index in [1.165, 1.54) is 35.4 Å². The van der Waals surface area contributed by atoms with Gasteiger partial charge in [-0.05, 0) is 54.6 Å². The fourth-order valence-corrected chi connectivity index (χ4v) is 4.55. The molecule has 0 radical (unpaired) electrons. The molecule has 1 saturated heterocycles. The lowest BCUT2D eigenvalue weighted by atomic mass is 10.1. The molecule has 38 heavy (non-hydrogen) atoms. The van der Waals surface area contributed by atoms with Gasteiger partial charge in [0.15, 0.2) is 5.82 Å². The number of hydrogen-bond donors (Lipinski definition) is 0. The van der Waals surface area contributed by atoms with Crippen LogP contribution in [-0.4, -0.2) is 64.5 Å². The van der Waals surface area contributed by atoms with Crippen LogP contribution in [0, 0.1) is 5.82 Å². The van der Waals surface area contributed by atoms with Gasteiger partial charge < -0.3 is 19.1 Å². The second-order valence-corrected chi connectivity index (χ2v) is 9.28. The van der Waals surface area contributed by atoms with Gasteiger partial charge in [-0.15, -0.1) is 10.2 Å². The van der Waals surface area contributed by atoms with Crippen molar-refractivity contribution in [2.24, 2.45) is 0 Å². The van der Waals surface area contributed by atoms with E-state index in [0.29, 0.717) is 48.2 Å². The lowest BCUT2D eigenvalue weighted by Gasteiger charge is -2.36.